The molecule has 9 nitrogen and oxygen atoms in total. The van der Waals surface area contributed by atoms with Crippen LogP contribution in [-0.4, -0.2) is 89.3 Å². The number of carboxylic acids is 1. The highest BCUT2D eigenvalue weighted by molar-refractivity contribution is 5.95. The summed E-state index contributed by atoms with van der Waals surface area (Å²) in [7, 11) is 6.48. The first kappa shape index (κ1) is 30.8. The highest BCUT2D eigenvalue weighted by atomic mass is 16.5. The van der Waals surface area contributed by atoms with Gasteiger partial charge in [-0.25, -0.2) is 4.98 Å². The summed E-state index contributed by atoms with van der Waals surface area (Å²) in [6.45, 7) is 5.60. The van der Waals surface area contributed by atoms with Crippen LogP contribution in [0.4, 0.5) is 5.69 Å². The topological polar surface area (TPSA) is 87.9 Å². The number of ether oxygens (including phenoxy) is 1. The summed E-state index contributed by atoms with van der Waals surface area (Å²) in [6.07, 6.45) is 8.70. The molecule has 3 atom stereocenters. The number of fused-ring (bicyclic) bond motifs is 1. The lowest BCUT2D eigenvalue weighted by Crippen LogP contribution is -2.45. The molecule has 3 heterocycles. The van der Waals surface area contributed by atoms with E-state index in [-0.39, 0.29) is 24.4 Å². The van der Waals surface area contributed by atoms with E-state index in [0.29, 0.717) is 32.7 Å². The molecule has 3 aromatic rings. The van der Waals surface area contributed by atoms with Gasteiger partial charge in [-0.2, -0.15) is 0 Å². The van der Waals surface area contributed by atoms with Crippen molar-refractivity contribution < 1.29 is 23.9 Å². The monoisotopic (exact) mass is 588 g/mol. The van der Waals surface area contributed by atoms with E-state index in [4.69, 9.17) is 4.74 Å². The number of aliphatic carboxylic acids is 1. The van der Waals surface area contributed by atoms with Gasteiger partial charge in [0.25, 0.3) is 0 Å². The van der Waals surface area contributed by atoms with Crippen molar-refractivity contribution in [1.29, 1.82) is 0 Å². The normalized spacial score (nSPS) is 20.1. The van der Waals surface area contributed by atoms with Crippen LogP contribution in [0.25, 0.3) is 0 Å². The van der Waals surface area contributed by atoms with E-state index >= 15 is 0 Å². The number of imidazole rings is 1. The molecule has 1 aromatic heterocycles. The van der Waals surface area contributed by atoms with Crippen molar-refractivity contribution in [2.45, 2.75) is 57.7 Å². The third-order valence-corrected chi connectivity index (χ3v) is 8.67. The van der Waals surface area contributed by atoms with Crippen molar-refractivity contribution >= 4 is 17.6 Å². The number of carbonyl (C=O) groups excluding carboxylic acids is 1. The summed E-state index contributed by atoms with van der Waals surface area (Å²) in [5.41, 5.74) is 4.23. The molecule has 230 valence electrons. The van der Waals surface area contributed by atoms with Gasteiger partial charge >= 0.3 is 5.97 Å². The molecule has 2 aliphatic rings. The number of likely N-dealkylation sites (tertiary alicyclic amines) is 1. The minimum Gasteiger partial charge on any atom is -0.493 e. The minimum absolute atomic E-state index is 0.00983. The Balaban J connectivity index is 1.43. The number of aryl methyl sites for hydroxylation is 1. The highest BCUT2D eigenvalue weighted by Crippen LogP contribution is 2.41. The van der Waals surface area contributed by atoms with Crippen LogP contribution in [-0.2, 0) is 29.1 Å². The van der Waals surface area contributed by atoms with E-state index in [1.807, 2.05) is 39.9 Å². The van der Waals surface area contributed by atoms with E-state index in [1.54, 1.807) is 12.5 Å². The lowest BCUT2D eigenvalue weighted by atomic mass is 9.83. The average Bonchev–Trinajstić information content (AvgIpc) is 3.71. The number of carboxylic acid groups (broad SMARTS) is 1. The second kappa shape index (κ2) is 13.3. The fourth-order valence-electron chi connectivity index (χ4n) is 6.67. The van der Waals surface area contributed by atoms with Crippen LogP contribution < -0.4 is 9.64 Å². The van der Waals surface area contributed by atoms with E-state index < -0.39 is 11.9 Å². The van der Waals surface area contributed by atoms with Gasteiger partial charge in [0.1, 0.15) is 12.3 Å². The summed E-state index contributed by atoms with van der Waals surface area (Å²) in [5.74, 6) is -0.773. The summed E-state index contributed by atoms with van der Waals surface area (Å²) >= 11 is 0. The Labute approximate surface area is 255 Å². The predicted molar refractivity (Wildman–Crippen MR) is 167 cm³/mol. The zero-order chi connectivity index (χ0) is 30.6. The van der Waals surface area contributed by atoms with Gasteiger partial charge in [0, 0.05) is 61.7 Å². The lowest BCUT2D eigenvalue weighted by Gasteiger charge is -2.30. The Kier molecular flexibility index (Phi) is 9.52. The SMILES string of the molecule is CCCCN(C(=O)CN1CC(c2ccc3c(c2)CCO3)C(C(=O)O)C1CCn1ccnc1)c1cccc(C[N+](C)(C)C)c1. The second-order valence-corrected chi connectivity index (χ2v) is 13.0. The van der Waals surface area contributed by atoms with Crippen LogP contribution in [0.15, 0.2) is 61.2 Å². The Morgan fingerprint density at radius 2 is 2.00 bits per heavy atom. The Bertz CT molecular complexity index is 1400. The van der Waals surface area contributed by atoms with E-state index in [0.717, 1.165) is 52.9 Å². The van der Waals surface area contributed by atoms with Crippen molar-refractivity contribution in [3.63, 3.8) is 0 Å². The maximum atomic E-state index is 14.2. The first-order valence-corrected chi connectivity index (χ1v) is 15.5. The second-order valence-electron chi connectivity index (χ2n) is 13.0. The van der Waals surface area contributed by atoms with Crippen LogP contribution in [0.5, 0.6) is 5.75 Å². The largest absolute Gasteiger partial charge is 0.493 e. The molecule has 2 aliphatic heterocycles. The first-order chi connectivity index (χ1) is 20.6. The average molecular weight is 589 g/mol. The maximum Gasteiger partial charge on any atom is 0.308 e. The third-order valence-electron chi connectivity index (χ3n) is 8.67. The van der Waals surface area contributed by atoms with E-state index in [2.05, 4.69) is 56.1 Å². The molecule has 2 aromatic carbocycles. The number of benzene rings is 2. The Hall–Kier alpha value is -3.69. The number of nitrogens with zero attached hydrogens (tertiary/aromatic N) is 5. The smallest absolute Gasteiger partial charge is 0.308 e. The van der Waals surface area contributed by atoms with Crippen LogP contribution in [0.2, 0.25) is 0 Å². The van der Waals surface area contributed by atoms with Crippen molar-refractivity contribution in [3.8, 4) is 5.75 Å². The van der Waals surface area contributed by atoms with Crippen molar-refractivity contribution in [3.05, 3.63) is 77.9 Å². The molecule has 1 fully saturated rings. The minimum atomic E-state index is -0.817. The van der Waals surface area contributed by atoms with Gasteiger partial charge in [0.2, 0.25) is 5.91 Å². The molecule has 5 rings (SSSR count). The zero-order valence-electron chi connectivity index (χ0n) is 26.0. The molecule has 0 saturated carbocycles. The van der Waals surface area contributed by atoms with Crippen LogP contribution in [0.3, 0.4) is 0 Å². The van der Waals surface area contributed by atoms with Gasteiger partial charge in [-0.1, -0.05) is 37.6 Å². The highest BCUT2D eigenvalue weighted by Gasteiger charge is 2.47. The number of anilines is 1. The predicted octanol–water partition coefficient (Wildman–Crippen LogP) is 4.42. The zero-order valence-corrected chi connectivity index (χ0v) is 26.0. The van der Waals surface area contributed by atoms with Crippen molar-refractivity contribution in [1.82, 2.24) is 14.5 Å². The molecule has 3 unspecified atom stereocenters. The Morgan fingerprint density at radius 3 is 2.72 bits per heavy atom. The number of hydrogen-bond acceptors (Lipinski definition) is 5. The molecule has 0 spiro atoms. The fraction of sp³-hybridized carbons (Fsp3) is 0.500. The summed E-state index contributed by atoms with van der Waals surface area (Å²) < 4.78 is 8.49. The van der Waals surface area contributed by atoms with Gasteiger partial charge in [0.15, 0.2) is 0 Å². The molecular weight excluding hydrogens is 542 g/mol. The lowest BCUT2D eigenvalue weighted by molar-refractivity contribution is -0.884. The number of hydrogen-bond donors (Lipinski definition) is 1. The van der Waals surface area contributed by atoms with Gasteiger partial charge in [-0.05, 0) is 42.2 Å². The quantitative estimate of drug-likeness (QED) is 0.298. The summed E-state index contributed by atoms with van der Waals surface area (Å²) in [5, 5.41) is 10.6. The van der Waals surface area contributed by atoms with Gasteiger partial charge in [-0.3, -0.25) is 14.5 Å². The molecule has 1 saturated heterocycles. The summed E-state index contributed by atoms with van der Waals surface area (Å²) in [4.78, 5) is 35.3. The number of rotatable bonds is 13. The van der Waals surface area contributed by atoms with E-state index in [9.17, 15) is 14.7 Å². The Morgan fingerprint density at radius 1 is 1.16 bits per heavy atom. The number of aromatic nitrogens is 2. The van der Waals surface area contributed by atoms with Crippen LogP contribution in [0.1, 0.15) is 48.8 Å². The summed E-state index contributed by atoms with van der Waals surface area (Å²) in [6, 6.07) is 14.1. The standard InChI is InChI=1S/C34H45N5O4/c1-5-6-15-38(28-9-7-8-25(19-28)23-39(2,3)4)32(40)22-37-21-29(26-10-11-31-27(20-26)13-18-43-31)33(34(41)42)30(37)12-16-36-17-14-35-24-36/h7-11,14,17,19-20,24,29-30,33H,5-6,12-13,15-16,18,21-23H2,1-4H3/p+1. The van der Waals surface area contributed by atoms with Gasteiger partial charge in [-0.15, -0.1) is 0 Å². The molecule has 0 radical (unpaired) electrons. The molecule has 1 N–H and O–H groups in total. The molecule has 43 heavy (non-hydrogen) atoms. The molecule has 0 bridgehead atoms. The molecule has 1 amide bonds. The molecule has 9 heteroatoms. The number of amides is 1. The molecular formula is C34H46N5O4+. The van der Waals surface area contributed by atoms with Crippen LogP contribution in [0, 0.1) is 5.92 Å². The number of unbranched alkanes of at least 4 members (excludes halogenated alkanes) is 1. The van der Waals surface area contributed by atoms with Crippen LogP contribution >= 0.6 is 0 Å². The van der Waals surface area contributed by atoms with Crippen molar-refractivity contribution in [2.24, 2.45) is 5.92 Å². The van der Waals surface area contributed by atoms with Crippen molar-refractivity contribution in [2.75, 3.05) is 52.3 Å². The maximum absolute atomic E-state index is 14.2. The van der Waals surface area contributed by atoms with Gasteiger partial charge in [0.05, 0.1) is 46.5 Å². The number of carbonyl (C=O) groups is 2. The van der Waals surface area contributed by atoms with E-state index in [1.165, 1.54) is 5.56 Å². The molecule has 0 aliphatic carbocycles. The third kappa shape index (κ3) is 7.46. The fourth-order valence-corrected chi connectivity index (χ4v) is 6.67. The first-order valence-electron chi connectivity index (χ1n) is 15.5. The van der Waals surface area contributed by atoms with Gasteiger partial charge < -0.3 is 23.8 Å². The number of quaternary nitrogens is 1.